The minimum Gasteiger partial charge on any atom is -0.359 e. The summed E-state index contributed by atoms with van der Waals surface area (Å²) in [4.78, 5) is 31.1. The van der Waals surface area contributed by atoms with Crippen LogP contribution in [0.3, 0.4) is 0 Å². The third-order valence-electron chi connectivity index (χ3n) is 5.23. The zero-order valence-electron chi connectivity index (χ0n) is 15.4. The van der Waals surface area contributed by atoms with Crippen LogP contribution in [0, 0.1) is 5.92 Å². The van der Waals surface area contributed by atoms with Crippen LogP contribution >= 0.6 is 0 Å². The van der Waals surface area contributed by atoms with Crippen molar-refractivity contribution in [2.45, 2.75) is 44.7 Å². The first-order chi connectivity index (χ1) is 12.7. The normalized spacial score (nSPS) is 23.3. The number of carbonyl (C=O) groups excluding carboxylic acids is 2. The van der Waals surface area contributed by atoms with Crippen LogP contribution in [0.4, 0.5) is 0 Å². The molecule has 3 rings (SSSR count). The lowest BCUT2D eigenvalue weighted by molar-refractivity contribution is -0.125. The van der Waals surface area contributed by atoms with E-state index in [1.807, 2.05) is 18.3 Å². The summed E-state index contributed by atoms with van der Waals surface area (Å²) in [5, 5.41) is 5.84. The summed E-state index contributed by atoms with van der Waals surface area (Å²) >= 11 is 0. The molecule has 2 amide bonds. The monoisotopic (exact) mass is 356 g/mol. The second-order valence-electron chi connectivity index (χ2n) is 7.24. The number of pyridine rings is 1. The molecule has 0 aromatic carbocycles. The molecule has 0 bridgehead atoms. The molecule has 0 radical (unpaired) electrons. The van der Waals surface area contributed by atoms with Crippen molar-refractivity contribution in [3.05, 3.63) is 41.7 Å². The molecule has 26 heavy (non-hydrogen) atoms. The van der Waals surface area contributed by atoms with Gasteiger partial charge in [-0.25, -0.2) is 0 Å². The van der Waals surface area contributed by atoms with Gasteiger partial charge in [0.05, 0.1) is 12.0 Å². The fourth-order valence-corrected chi connectivity index (χ4v) is 3.89. The lowest BCUT2D eigenvalue weighted by Gasteiger charge is -2.20. The minimum atomic E-state index is -0.221. The maximum Gasteiger partial charge on any atom is 0.226 e. The Balaban J connectivity index is 1.60. The predicted octanol–water partition coefficient (Wildman–Crippen LogP) is 1.63. The summed E-state index contributed by atoms with van der Waals surface area (Å²) in [5.41, 5.74) is 2.35. The first-order valence-corrected chi connectivity index (χ1v) is 9.46. The van der Waals surface area contributed by atoms with Gasteiger partial charge >= 0.3 is 0 Å². The Kier molecular flexibility index (Phi) is 6.39. The lowest BCUT2D eigenvalue weighted by atomic mass is 9.96. The predicted molar refractivity (Wildman–Crippen MR) is 100 cm³/mol. The highest BCUT2D eigenvalue weighted by molar-refractivity contribution is 5.83. The maximum atomic E-state index is 12.5. The van der Waals surface area contributed by atoms with Gasteiger partial charge in [-0.3, -0.25) is 19.5 Å². The van der Waals surface area contributed by atoms with Crippen LogP contribution < -0.4 is 10.6 Å². The van der Waals surface area contributed by atoms with Gasteiger partial charge in [0.15, 0.2) is 0 Å². The van der Waals surface area contributed by atoms with Crippen LogP contribution in [0.25, 0.3) is 0 Å². The molecule has 1 aliphatic carbocycles. The van der Waals surface area contributed by atoms with Crippen LogP contribution in [0.5, 0.6) is 0 Å². The van der Waals surface area contributed by atoms with Crippen molar-refractivity contribution in [3.8, 4) is 0 Å². The molecule has 2 atom stereocenters. The molecule has 2 N–H and O–H groups in total. The molecule has 1 aliphatic heterocycles. The van der Waals surface area contributed by atoms with Crippen LogP contribution in [-0.4, -0.2) is 47.9 Å². The van der Waals surface area contributed by atoms with E-state index in [0.29, 0.717) is 19.5 Å². The van der Waals surface area contributed by atoms with Crippen molar-refractivity contribution >= 4 is 11.8 Å². The summed E-state index contributed by atoms with van der Waals surface area (Å²) in [7, 11) is 1.65. The molecule has 6 heteroatoms. The highest BCUT2D eigenvalue weighted by Gasteiger charge is 2.38. The Morgan fingerprint density at radius 1 is 1.31 bits per heavy atom. The first kappa shape index (κ1) is 18.6. The van der Waals surface area contributed by atoms with E-state index < -0.39 is 0 Å². The SMILES string of the molecule is CNC(=O)[C@H]1CN(Cc2cccnc2)C[C@@H]1NC(=O)CC1=CCCCC1. The topological polar surface area (TPSA) is 74.3 Å². The van der Waals surface area contributed by atoms with E-state index in [2.05, 4.69) is 26.6 Å². The minimum absolute atomic E-state index is 0.0131. The maximum absolute atomic E-state index is 12.5. The van der Waals surface area contributed by atoms with Gasteiger partial charge in [0.1, 0.15) is 0 Å². The average Bonchev–Trinajstić information content (AvgIpc) is 3.04. The van der Waals surface area contributed by atoms with Gasteiger partial charge in [-0.2, -0.15) is 0 Å². The summed E-state index contributed by atoms with van der Waals surface area (Å²) in [6.07, 6.45) is 10.7. The van der Waals surface area contributed by atoms with Crippen LogP contribution in [-0.2, 0) is 16.1 Å². The Bertz CT molecular complexity index is 659. The third kappa shape index (κ3) is 4.91. The zero-order valence-corrected chi connectivity index (χ0v) is 15.4. The van der Waals surface area contributed by atoms with E-state index in [1.54, 1.807) is 13.2 Å². The van der Waals surface area contributed by atoms with E-state index in [1.165, 1.54) is 18.4 Å². The summed E-state index contributed by atoms with van der Waals surface area (Å²) in [5.74, 6) is -0.206. The number of nitrogens with one attached hydrogen (secondary N) is 2. The summed E-state index contributed by atoms with van der Waals surface area (Å²) in [6.45, 7) is 2.05. The van der Waals surface area contributed by atoms with Gasteiger partial charge in [0, 0.05) is 45.5 Å². The molecule has 2 aliphatic rings. The molecular weight excluding hydrogens is 328 g/mol. The molecule has 1 fully saturated rings. The number of hydrogen-bond donors (Lipinski definition) is 2. The molecule has 6 nitrogen and oxygen atoms in total. The number of carbonyl (C=O) groups is 2. The van der Waals surface area contributed by atoms with Crippen molar-refractivity contribution in [1.82, 2.24) is 20.5 Å². The Morgan fingerprint density at radius 3 is 2.88 bits per heavy atom. The number of aromatic nitrogens is 1. The van der Waals surface area contributed by atoms with E-state index in [-0.39, 0.29) is 23.8 Å². The quantitative estimate of drug-likeness (QED) is 0.760. The number of rotatable bonds is 6. The second-order valence-corrected chi connectivity index (χ2v) is 7.24. The number of likely N-dealkylation sites (tertiary alicyclic amines) is 1. The van der Waals surface area contributed by atoms with Crippen molar-refractivity contribution < 1.29 is 9.59 Å². The molecule has 1 aromatic rings. The fraction of sp³-hybridized carbons (Fsp3) is 0.550. The lowest BCUT2D eigenvalue weighted by Crippen LogP contribution is -2.45. The van der Waals surface area contributed by atoms with Crippen LogP contribution in [0.2, 0.25) is 0 Å². The third-order valence-corrected chi connectivity index (χ3v) is 5.23. The Hall–Kier alpha value is -2.21. The Labute approximate surface area is 155 Å². The van der Waals surface area contributed by atoms with Gasteiger partial charge < -0.3 is 10.6 Å². The van der Waals surface area contributed by atoms with Crippen molar-refractivity contribution in [2.24, 2.45) is 5.92 Å². The molecule has 0 saturated carbocycles. The molecule has 0 spiro atoms. The van der Waals surface area contributed by atoms with E-state index in [4.69, 9.17) is 0 Å². The highest BCUT2D eigenvalue weighted by Crippen LogP contribution is 2.22. The van der Waals surface area contributed by atoms with Crippen molar-refractivity contribution in [2.75, 3.05) is 20.1 Å². The highest BCUT2D eigenvalue weighted by atomic mass is 16.2. The smallest absolute Gasteiger partial charge is 0.226 e. The standard InChI is InChI=1S/C20H28N4O2/c1-21-20(26)17-13-24(12-16-8-5-9-22-11-16)14-18(17)23-19(25)10-15-6-3-2-4-7-15/h5-6,8-9,11,17-18H,2-4,7,10,12-14H2,1H3,(H,21,26)(H,23,25)/t17-,18-/m0/s1. The molecule has 1 saturated heterocycles. The van der Waals surface area contributed by atoms with Gasteiger partial charge in [0.2, 0.25) is 11.8 Å². The van der Waals surface area contributed by atoms with Gasteiger partial charge in [0.25, 0.3) is 0 Å². The van der Waals surface area contributed by atoms with Gasteiger partial charge in [-0.1, -0.05) is 17.7 Å². The number of amides is 2. The van der Waals surface area contributed by atoms with Gasteiger partial charge in [-0.05, 0) is 37.3 Å². The van der Waals surface area contributed by atoms with Crippen LogP contribution in [0.1, 0.15) is 37.7 Å². The van der Waals surface area contributed by atoms with E-state index in [0.717, 1.165) is 24.9 Å². The molecule has 1 aromatic heterocycles. The first-order valence-electron chi connectivity index (χ1n) is 9.46. The largest absolute Gasteiger partial charge is 0.359 e. The number of allylic oxidation sites excluding steroid dienone is 1. The average molecular weight is 356 g/mol. The second kappa shape index (κ2) is 8.94. The summed E-state index contributed by atoms with van der Waals surface area (Å²) < 4.78 is 0. The van der Waals surface area contributed by atoms with Crippen LogP contribution in [0.15, 0.2) is 36.2 Å². The van der Waals surface area contributed by atoms with E-state index >= 15 is 0 Å². The Morgan fingerprint density at radius 2 is 2.19 bits per heavy atom. The zero-order chi connectivity index (χ0) is 18.4. The molecular formula is C20H28N4O2. The molecule has 2 heterocycles. The number of nitrogens with zero attached hydrogens (tertiary/aromatic N) is 2. The summed E-state index contributed by atoms with van der Waals surface area (Å²) in [6, 6.07) is 3.80. The number of hydrogen-bond acceptors (Lipinski definition) is 4. The van der Waals surface area contributed by atoms with Gasteiger partial charge in [-0.15, -0.1) is 0 Å². The molecule has 140 valence electrons. The molecule has 0 unspecified atom stereocenters. The van der Waals surface area contributed by atoms with E-state index in [9.17, 15) is 9.59 Å². The van der Waals surface area contributed by atoms with Crippen molar-refractivity contribution in [3.63, 3.8) is 0 Å². The van der Waals surface area contributed by atoms with Crippen molar-refractivity contribution in [1.29, 1.82) is 0 Å². The fourth-order valence-electron chi connectivity index (χ4n) is 3.89.